The normalized spacial score (nSPS) is 12.8. The number of anilines is 2. The Labute approximate surface area is 219 Å². The zero-order chi connectivity index (χ0) is 25.6. The minimum absolute atomic E-state index is 0.0473. The smallest absolute Gasteiger partial charge is 0.277 e. The largest absolute Gasteiger partial charge is 0.396 e. The van der Waals surface area contributed by atoms with E-state index in [1.54, 1.807) is 34.9 Å². The van der Waals surface area contributed by atoms with Gasteiger partial charge >= 0.3 is 0 Å². The number of benzene rings is 3. The van der Waals surface area contributed by atoms with Gasteiger partial charge in [0.2, 0.25) is 0 Å². The number of fused-ring (bicyclic) bond motifs is 1. The van der Waals surface area contributed by atoms with Gasteiger partial charge in [-0.3, -0.25) is 14.6 Å². The molecule has 1 aromatic heterocycles. The molecule has 1 aliphatic heterocycles. The van der Waals surface area contributed by atoms with E-state index in [9.17, 15) is 14.7 Å². The van der Waals surface area contributed by atoms with E-state index in [0.29, 0.717) is 24.2 Å². The maximum Gasteiger partial charge on any atom is 0.277 e. The van der Waals surface area contributed by atoms with E-state index in [1.807, 2.05) is 78.9 Å². The molecule has 0 aliphatic carbocycles. The molecule has 0 saturated carbocycles. The number of para-hydroxylation sites is 1. The lowest BCUT2D eigenvalue weighted by Gasteiger charge is -2.22. The number of rotatable bonds is 6. The second-order valence-electron chi connectivity index (χ2n) is 8.43. The molecular weight excluding hydrogens is 482 g/mol. The van der Waals surface area contributed by atoms with Gasteiger partial charge in [0.15, 0.2) is 0 Å². The van der Waals surface area contributed by atoms with Crippen molar-refractivity contribution in [3.63, 3.8) is 0 Å². The van der Waals surface area contributed by atoms with E-state index >= 15 is 0 Å². The van der Waals surface area contributed by atoms with E-state index in [0.717, 1.165) is 26.6 Å². The van der Waals surface area contributed by atoms with Crippen LogP contribution in [0, 0.1) is 0 Å². The molecule has 0 bridgehead atoms. The van der Waals surface area contributed by atoms with Gasteiger partial charge in [0.25, 0.3) is 11.8 Å². The van der Waals surface area contributed by atoms with E-state index < -0.39 is 0 Å². The molecule has 37 heavy (non-hydrogen) atoms. The lowest BCUT2D eigenvalue weighted by molar-refractivity contribution is 0.0982. The van der Waals surface area contributed by atoms with Crippen molar-refractivity contribution < 1.29 is 14.7 Å². The van der Waals surface area contributed by atoms with Gasteiger partial charge < -0.3 is 15.3 Å². The lowest BCUT2D eigenvalue weighted by Crippen LogP contribution is -2.32. The van der Waals surface area contributed by atoms with Gasteiger partial charge in [0.1, 0.15) is 5.69 Å². The molecule has 0 atom stereocenters. The monoisotopic (exact) mass is 507 g/mol. The number of aliphatic hydroxyl groups is 1. The summed E-state index contributed by atoms with van der Waals surface area (Å²) in [7, 11) is 0. The topological polar surface area (TPSA) is 82.5 Å². The summed E-state index contributed by atoms with van der Waals surface area (Å²) in [5, 5.41) is 12.3. The molecular formula is C30H25N3O3S. The molecule has 2 amide bonds. The van der Waals surface area contributed by atoms with Crippen molar-refractivity contribution in [3.8, 4) is 11.1 Å². The number of aromatic nitrogens is 1. The minimum atomic E-state index is -0.268. The maximum absolute atomic E-state index is 13.6. The van der Waals surface area contributed by atoms with Crippen LogP contribution in [0.3, 0.4) is 0 Å². The van der Waals surface area contributed by atoms with Crippen LogP contribution in [0.4, 0.5) is 11.4 Å². The SMILES string of the molecule is O=C(Nc1ccnc(C(=O)N2CC=C(CCO)Sc3ccccc32)c1)c1ccccc1-c1ccccc1. The molecule has 2 N–H and O–H groups in total. The standard InChI is InChI=1S/C30H25N3O3S/c34-19-16-23-15-18-33(27-12-6-7-13-28(27)37-23)30(36)26-20-22(14-17-31-26)32-29(35)25-11-5-4-10-24(25)21-8-2-1-3-9-21/h1-15,17,20,34H,16,18-19H2,(H,31,32,35). The third-order valence-electron chi connectivity index (χ3n) is 6.00. The van der Waals surface area contributed by atoms with E-state index in [1.165, 1.54) is 6.20 Å². The summed E-state index contributed by atoms with van der Waals surface area (Å²) in [6.07, 6.45) is 4.02. The Hall–Kier alpha value is -4.20. The molecule has 184 valence electrons. The molecule has 2 heterocycles. The van der Waals surface area contributed by atoms with Crippen LogP contribution in [-0.4, -0.2) is 35.1 Å². The van der Waals surface area contributed by atoms with Gasteiger partial charge in [-0.2, -0.15) is 0 Å². The molecule has 1 aliphatic rings. The number of hydrogen-bond acceptors (Lipinski definition) is 5. The Morgan fingerprint density at radius 1 is 0.946 bits per heavy atom. The van der Waals surface area contributed by atoms with E-state index in [2.05, 4.69) is 10.3 Å². The van der Waals surface area contributed by atoms with Gasteiger partial charge in [0, 0.05) is 41.9 Å². The van der Waals surface area contributed by atoms with Crippen molar-refractivity contribution in [2.75, 3.05) is 23.4 Å². The Morgan fingerprint density at radius 2 is 1.70 bits per heavy atom. The van der Waals surface area contributed by atoms with Crippen LogP contribution in [0.2, 0.25) is 0 Å². The minimum Gasteiger partial charge on any atom is -0.396 e. The molecule has 4 aromatic rings. The summed E-state index contributed by atoms with van der Waals surface area (Å²) in [6, 6.07) is 28.1. The number of hydrogen-bond donors (Lipinski definition) is 2. The fourth-order valence-corrected chi connectivity index (χ4v) is 5.27. The Kier molecular flexibility index (Phi) is 7.44. The first-order chi connectivity index (χ1) is 18.1. The second kappa shape index (κ2) is 11.2. The predicted octanol–water partition coefficient (Wildman–Crippen LogP) is 6.02. The number of pyridine rings is 1. The fraction of sp³-hybridized carbons (Fsp3) is 0.100. The molecule has 7 heteroatoms. The summed E-state index contributed by atoms with van der Waals surface area (Å²) in [6.45, 7) is 0.409. The van der Waals surface area contributed by atoms with Crippen molar-refractivity contribution in [3.05, 3.63) is 119 Å². The highest BCUT2D eigenvalue weighted by atomic mass is 32.2. The summed E-state index contributed by atoms with van der Waals surface area (Å²) < 4.78 is 0. The zero-order valence-corrected chi connectivity index (χ0v) is 20.8. The predicted molar refractivity (Wildman–Crippen MR) is 148 cm³/mol. The van der Waals surface area contributed by atoms with Crippen LogP contribution in [0.1, 0.15) is 27.3 Å². The number of amides is 2. The molecule has 5 rings (SSSR count). The van der Waals surface area contributed by atoms with Gasteiger partial charge in [-0.1, -0.05) is 78.5 Å². The zero-order valence-electron chi connectivity index (χ0n) is 20.0. The van der Waals surface area contributed by atoms with Crippen molar-refractivity contribution in [1.82, 2.24) is 4.98 Å². The average Bonchev–Trinajstić information content (AvgIpc) is 3.13. The van der Waals surface area contributed by atoms with Crippen LogP contribution in [0.15, 0.2) is 113 Å². The van der Waals surface area contributed by atoms with E-state index in [-0.39, 0.29) is 24.1 Å². The van der Waals surface area contributed by atoms with Crippen LogP contribution >= 0.6 is 11.8 Å². The van der Waals surface area contributed by atoms with Gasteiger partial charge in [-0.25, -0.2) is 0 Å². The van der Waals surface area contributed by atoms with Gasteiger partial charge in [0.05, 0.1) is 5.69 Å². The van der Waals surface area contributed by atoms with Crippen LogP contribution in [0.25, 0.3) is 11.1 Å². The number of carbonyl (C=O) groups is 2. The first-order valence-corrected chi connectivity index (χ1v) is 12.8. The first-order valence-electron chi connectivity index (χ1n) is 11.9. The third-order valence-corrected chi connectivity index (χ3v) is 7.19. The van der Waals surface area contributed by atoms with Gasteiger partial charge in [-0.05, 0) is 46.4 Å². The van der Waals surface area contributed by atoms with E-state index in [4.69, 9.17) is 0 Å². The molecule has 0 unspecified atom stereocenters. The van der Waals surface area contributed by atoms with Crippen molar-refractivity contribution >= 4 is 35.0 Å². The van der Waals surface area contributed by atoms with Gasteiger partial charge in [-0.15, -0.1) is 0 Å². The van der Waals surface area contributed by atoms with Crippen LogP contribution in [0.5, 0.6) is 0 Å². The summed E-state index contributed by atoms with van der Waals surface area (Å²) in [5.41, 5.74) is 3.82. The number of thioether (sulfide) groups is 1. The number of nitrogens with zero attached hydrogens (tertiary/aromatic N) is 2. The second-order valence-corrected chi connectivity index (χ2v) is 9.59. The lowest BCUT2D eigenvalue weighted by atomic mass is 9.99. The highest BCUT2D eigenvalue weighted by Gasteiger charge is 2.24. The fourth-order valence-electron chi connectivity index (χ4n) is 4.21. The number of nitrogens with one attached hydrogen (secondary N) is 1. The Balaban J connectivity index is 1.40. The molecule has 0 fully saturated rings. The highest BCUT2D eigenvalue weighted by Crippen LogP contribution is 2.39. The Morgan fingerprint density at radius 3 is 2.54 bits per heavy atom. The van der Waals surface area contributed by atoms with Crippen molar-refractivity contribution in [2.24, 2.45) is 0 Å². The first kappa shape index (κ1) is 24.5. The molecule has 3 aromatic carbocycles. The Bertz CT molecular complexity index is 1470. The average molecular weight is 508 g/mol. The van der Waals surface area contributed by atoms with Crippen LogP contribution < -0.4 is 10.2 Å². The summed E-state index contributed by atoms with van der Waals surface area (Å²) >= 11 is 1.56. The summed E-state index contributed by atoms with van der Waals surface area (Å²) in [4.78, 5) is 34.8. The highest BCUT2D eigenvalue weighted by molar-refractivity contribution is 8.03. The molecule has 0 radical (unpaired) electrons. The van der Waals surface area contributed by atoms with Crippen molar-refractivity contribution in [1.29, 1.82) is 0 Å². The quantitative estimate of drug-likeness (QED) is 0.334. The number of aliphatic hydroxyl groups excluding tert-OH is 1. The molecule has 6 nitrogen and oxygen atoms in total. The van der Waals surface area contributed by atoms with Crippen LogP contribution in [-0.2, 0) is 0 Å². The maximum atomic E-state index is 13.6. The third kappa shape index (κ3) is 5.48. The molecule has 0 saturated heterocycles. The number of carbonyl (C=O) groups excluding carboxylic acids is 2. The summed E-state index contributed by atoms with van der Waals surface area (Å²) in [5.74, 6) is -0.535. The van der Waals surface area contributed by atoms with Crippen molar-refractivity contribution in [2.45, 2.75) is 11.3 Å². The molecule has 0 spiro atoms.